The summed E-state index contributed by atoms with van der Waals surface area (Å²) < 4.78 is 31.1. The van der Waals surface area contributed by atoms with Gasteiger partial charge in [0.15, 0.2) is 0 Å². The van der Waals surface area contributed by atoms with Gasteiger partial charge in [0.25, 0.3) is 0 Å². The van der Waals surface area contributed by atoms with Crippen LogP contribution in [0.1, 0.15) is 13.8 Å². The molecule has 17 heavy (non-hydrogen) atoms. The van der Waals surface area contributed by atoms with Gasteiger partial charge in [-0.1, -0.05) is 0 Å². The van der Waals surface area contributed by atoms with Gasteiger partial charge < -0.3 is 9.72 Å². The van der Waals surface area contributed by atoms with Crippen molar-refractivity contribution >= 4 is 10.0 Å². The first-order chi connectivity index (χ1) is 7.95. The Labute approximate surface area is 100 Å². The maximum absolute atomic E-state index is 11.8. The van der Waals surface area contributed by atoms with Crippen molar-refractivity contribution in [2.24, 2.45) is 0 Å². The van der Waals surface area contributed by atoms with E-state index in [9.17, 15) is 13.2 Å². The van der Waals surface area contributed by atoms with E-state index in [2.05, 4.69) is 9.71 Å². The minimum Gasteiger partial charge on any atom is -0.377 e. The molecular formula is C10H16N2O4S. The molecule has 1 aromatic rings. The van der Waals surface area contributed by atoms with Crippen LogP contribution >= 0.6 is 0 Å². The molecule has 1 heterocycles. The average Bonchev–Trinajstić information content (AvgIpc) is 2.28. The van der Waals surface area contributed by atoms with E-state index < -0.39 is 10.0 Å². The summed E-state index contributed by atoms with van der Waals surface area (Å²) in [4.78, 5) is 13.2. The summed E-state index contributed by atoms with van der Waals surface area (Å²) in [5.74, 6) is 0. The molecule has 0 fully saturated rings. The molecule has 0 aliphatic rings. The molecule has 2 N–H and O–H groups in total. The van der Waals surface area contributed by atoms with E-state index in [0.717, 1.165) is 6.20 Å². The SMILES string of the molecule is CCOC(C)CNS(=O)(=O)c1ccc(=O)[nH]c1. The van der Waals surface area contributed by atoms with Crippen LogP contribution in [0.25, 0.3) is 0 Å². The van der Waals surface area contributed by atoms with Crippen molar-refractivity contribution in [2.75, 3.05) is 13.2 Å². The molecule has 96 valence electrons. The van der Waals surface area contributed by atoms with E-state index in [4.69, 9.17) is 4.74 Å². The maximum atomic E-state index is 11.8. The first-order valence-corrected chi connectivity index (χ1v) is 6.74. The van der Waals surface area contributed by atoms with Crippen LogP contribution in [0, 0.1) is 0 Å². The Balaban J connectivity index is 2.69. The first-order valence-electron chi connectivity index (χ1n) is 5.25. The lowest BCUT2D eigenvalue weighted by molar-refractivity contribution is 0.0799. The number of aromatic nitrogens is 1. The number of sulfonamides is 1. The van der Waals surface area contributed by atoms with Crippen molar-refractivity contribution in [2.45, 2.75) is 24.8 Å². The molecule has 1 atom stereocenters. The highest BCUT2D eigenvalue weighted by Crippen LogP contribution is 2.04. The summed E-state index contributed by atoms with van der Waals surface area (Å²) in [6, 6.07) is 2.42. The van der Waals surface area contributed by atoms with E-state index in [1.165, 1.54) is 12.1 Å². The van der Waals surface area contributed by atoms with Gasteiger partial charge in [-0.3, -0.25) is 4.79 Å². The molecule has 0 saturated heterocycles. The zero-order chi connectivity index (χ0) is 12.9. The first kappa shape index (κ1) is 13.9. The number of H-pyrrole nitrogens is 1. The normalized spacial score (nSPS) is 13.5. The summed E-state index contributed by atoms with van der Waals surface area (Å²) in [6.45, 7) is 4.34. The summed E-state index contributed by atoms with van der Waals surface area (Å²) in [5.41, 5.74) is -0.341. The molecule has 0 bridgehead atoms. The quantitative estimate of drug-likeness (QED) is 0.758. The van der Waals surface area contributed by atoms with Crippen LogP contribution in [-0.4, -0.2) is 32.7 Å². The molecule has 1 aromatic heterocycles. The van der Waals surface area contributed by atoms with E-state index in [1.807, 2.05) is 6.92 Å². The van der Waals surface area contributed by atoms with Crippen molar-refractivity contribution in [3.05, 3.63) is 28.7 Å². The van der Waals surface area contributed by atoms with Gasteiger partial charge in [-0.2, -0.15) is 0 Å². The predicted molar refractivity (Wildman–Crippen MR) is 63.3 cm³/mol. The molecule has 0 amide bonds. The van der Waals surface area contributed by atoms with Crippen LogP contribution in [-0.2, 0) is 14.8 Å². The predicted octanol–water partition coefficient (Wildman–Crippen LogP) is 0.0782. The standard InChI is InChI=1S/C10H16N2O4S/c1-3-16-8(2)6-12-17(14,15)9-4-5-10(13)11-7-9/h4-5,7-8,12H,3,6H2,1-2H3,(H,11,13). The fourth-order valence-electron chi connectivity index (χ4n) is 1.22. The van der Waals surface area contributed by atoms with Crippen molar-refractivity contribution in [3.8, 4) is 0 Å². The van der Waals surface area contributed by atoms with E-state index in [-0.39, 0.29) is 23.1 Å². The molecular weight excluding hydrogens is 244 g/mol. The second kappa shape index (κ2) is 5.95. The topological polar surface area (TPSA) is 88.3 Å². The fourth-order valence-corrected chi connectivity index (χ4v) is 2.30. The second-order valence-electron chi connectivity index (χ2n) is 3.51. The summed E-state index contributed by atoms with van der Waals surface area (Å²) in [6.07, 6.45) is 0.966. The van der Waals surface area contributed by atoms with Crippen LogP contribution in [0.5, 0.6) is 0 Å². The molecule has 1 rings (SSSR count). The second-order valence-corrected chi connectivity index (χ2v) is 5.27. The van der Waals surface area contributed by atoms with Crippen LogP contribution in [0.4, 0.5) is 0 Å². The Hall–Kier alpha value is -1.18. The summed E-state index contributed by atoms with van der Waals surface area (Å²) >= 11 is 0. The van der Waals surface area contributed by atoms with Gasteiger partial charge in [0.1, 0.15) is 0 Å². The number of aromatic amines is 1. The third-order valence-corrected chi connectivity index (χ3v) is 3.50. The summed E-state index contributed by atoms with van der Waals surface area (Å²) in [5, 5.41) is 0. The molecule has 0 radical (unpaired) electrons. The highest BCUT2D eigenvalue weighted by Gasteiger charge is 2.14. The minimum atomic E-state index is -3.59. The molecule has 0 spiro atoms. The fraction of sp³-hybridized carbons (Fsp3) is 0.500. The third-order valence-electron chi connectivity index (χ3n) is 2.08. The highest BCUT2D eigenvalue weighted by atomic mass is 32.2. The van der Waals surface area contributed by atoms with E-state index in [1.54, 1.807) is 6.92 Å². The maximum Gasteiger partial charge on any atom is 0.247 e. The molecule has 7 heteroatoms. The average molecular weight is 260 g/mol. The van der Waals surface area contributed by atoms with Crippen LogP contribution in [0.2, 0.25) is 0 Å². The Morgan fingerprint density at radius 3 is 2.71 bits per heavy atom. The molecule has 0 aliphatic carbocycles. The number of pyridine rings is 1. The third kappa shape index (κ3) is 4.29. The number of hydrogen-bond donors (Lipinski definition) is 2. The Bertz CT molecular complexity index is 489. The zero-order valence-corrected chi connectivity index (χ0v) is 10.6. The Kier molecular flexibility index (Phi) is 4.86. The van der Waals surface area contributed by atoms with E-state index in [0.29, 0.717) is 6.61 Å². The monoisotopic (exact) mass is 260 g/mol. The van der Waals surface area contributed by atoms with Gasteiger partial charge in [-0.25, -0.2) is 13.1 Å². The van der Waals surface area contributed by atoms with Gasteiger partial charge in [0.2, 0.25) is 15.6 Å². The van der Waals surface area contributed by atoms with Crippen molar-refractivity contribution < 1.29 is 13.2 Å². The van der Waals surface area contributed by atoms with Crippen LogP contribution in [0.15, 0.2) is 28.0 Å². The molecule has 0 saturated carbocycles. The van der Waals surface area contributed by atoms with Crippen molar-refractivity contribution in [1.29, 1.82) is 0 Å². The highest BCUT2D eigenvalue weighted by molar-refractivity contribution is 7.89. The lowest BCUT2D eigenvalue weighted by Crippen LogP contribution is -2.32. The lowest BCUT2D eigenvalue weighted by atomic mass is 10.4. The van der Waals surface area contributed by atoms with Gasteiger partial charge in [-0.15, -0.1) is 0 Å². The largest absolute Gasteiger partial charge is 0.377 e. The Morgan fingerprint density at radius 1 is 1.47 bits per heavy atom. The number of rotatable bonds is 6. The number of nitrogens with one attached hydrogen (secondary N) is 2. The minimum absolute atomic E-state index is 0.0285. The van der Waals surface area contributed by atoms with Gasteiger partial charge in [0.05, 0.1) is 11.0 Å². The molecule has 0 aliphatic heterocycles. The number of hydrogen-bond acceptors (Lipinski definition) is 4. The molecule has 0 aromatic carbocycles. The van der Waals surface area contributed by atoms with Crippen molar-refractivity contribution in [3.63, 3.8) is 0 Å². The molecule has 6 nitrogen and oxygen atoms in total. The summed E-state index contributed by atoms with van der Waals surface area (Å²) in [7, 11) is -3.59. The smallest absolute Gasteiger partial charge is 0.247 e. The van der Waals surface area contributed by atoms with Gasteiger partial charge in [0, 0.05) is 25.4 Å². The van der Waals surface area contributed by atoms with Crippen molar-refractivity contribution in [1.82, 2.24) is 9.71 Å². The zero-order valence-electron chi connectivity index (χ0n) is 9.76. The van der Waals surface area contributed by atoms with Gasteiger partial charge in [-0.05, 0) is 19.9 Å². The van der Waals surface area contributed by atoms with Crippen LogP contribution in [0.3, 0.4) is 0 Å². The lowest BCUT2D eigenvalue weighted by Gasteiger charge is -2.12. The van der Waals surface area contributed by atoms with E-state index >= 15 is 0 Å². The number of ether oxygens (including phenoxy) is 1. The van der Waals surface area contributed by atoms with Crippen LogP contribution < -0.4 is 10.3 Å². The Morgan fingerprint density at radius 2 is 2.18 bits per heavy atom. The molecule has 1 unspecified atom stereocenters. The van der Waals surface area contributed by atoms with Gasteiger partial charge >= 0.3 is 0 Å².